The summed E-state index contributed by atoms with van der Waals surface area (Å²) in [5, 5.41) is 12.3. The maximum atomic E-state index is 12.0. The standard InChI is InChI=1S/C18H23NO2.C17H22N2O2.C15H19NO2/c1-21-17(20)15-4-2-3-13-11-18(12-16(13)15)7-9-19(10-8-18)14-5-6-14;20-16(18-21)14-3-1-2-12-10-17(11-15(12)14)6-8-19(9-7-17)13-4-5-13;1-18-14(17)12-4-2-3-11-9-15(10-13(11)12)5-7-16-8-6-15/h2-4,14H,5-12H2,1H3;1-3,13,21H,4-11H2,(H,18,20);2-4,16H,5-10H2,1H3. The van der Waals surface area contributed by atoms with Gasteiger partial charge in [-0.25, -0.2) is 15.1 Å². The van der Waals surface area contributed by atoms with Gasteiger partial charge >= 0.3 is 11.9 Å². The van der Waals surface area contributed by atoms with Gasteiger partial charge in [0.15, 0.2) is 0 Å². The molecule has 5 fully saturated rings. The molecular weight excluding hydrogens is 753 g/mol. The van der Waals surface area contributed by atoms with E-state index >= 15 is 0 Å². The highest BCUT2D eigenvalue weighted by molar-refractivity contribution is 5.95. The van der Waals surface area contributed by atoms with Crippen LogP contribution in [0.5, 0.6) is 0 Å². The summed E-state index contributed by atoms with van der Waals surface area (Å²) < 4.78 is 9.83. The van der Waals surface area contributed by atoms with Crippen LogP contribution in [0.2, 0.25) is 0 Å². The molecule has 0 aromatic heterocycles. The van der Waals surface area contributed by atoms with Crippen molar-refractivity contribution in [3.05, 3.63) is 105 Å². The van der Waals surface area contributed by atoms with Crippen molar-refractivity contribution >= 4 is 17.8 Å². The lowest BCUT2D eigenvalue weighted by Gasteiger charge is -2.39. The third kappa shape index (κ3) is 8.42. The Bertz CT molecular complexity index is 1980. The minimum Gasteiger partial charge on any atom is -0.465 e. The Hall–Kier alpha value is -4.09. The molecule has 2 saturated carbocycles. The molecule has 3 N–H and O–H groups in total. The predicted octanol–water partition coefficient (Wildman–Crippen LogP) is 6.91. The monoisotopic (exact) mass is 816 g/mol. The maximum Gasteiger partial charge on any atom is 0.338 e. The van der Waals surface area contributed by atoms with Gasteiger partial charge in [0.2, 0.25) is 0 Å². The van der Waals surface area contributed by atoms with Crippen molar-refractivity contribution in [3.8, 4) is 0 Å². The molecule has 60 heavy (non-hydrogen) atoms. The zero-order valence-electron chi connectivity index (χ0n) is 35.8. The van der Waals surface area contributed by atoms with E-state index in [2.05, 4.69) is 33.3 Å². The molecule has 3 heterocycles. The molecule has 0 unspecified atom stereocenters. The van der Waals surface area contributed by atoms with Crippen LogP contribution in [0.4, 0.5) is 0 Å². The first kappa shape index (κ1) is 41.3. The molecule has 11 rings (SSSR count). The van der Waals surface area contributed by atoms with Crippen LogP contribution in [0, 0.1) is 16.2 Å². The van der Waals surface area contributed by atoms with Gasteiger partial charge in [-0.1, -0.05) is 36.4 Å². The van der Waals surface area contributed by atoms with Gasteiger partial charge in [0, 0.05) is 17.6 Å². The molecule has 0 atom stereocenters. The van der Waals surface area contributed by atoms with Gasteiger partial charge in [-0.2, -0.15) is 0 Å². The second kappa shape index (κ2) is 17.0. The highest BCUT2D eigenvalue weighted by atomic mass is 16.5. The number of hydrogen-bond donors (Lipinski definition) is 3. The molecule has 3 saturated heterocycles. The highest BCUT2D eigenvalue weighted by Crippen LogP contribution is 2.49. The number of benzene rings is 3. The number of fused-ring (bicyclic) bond motifs is 3. The first-order valence-electron chi connectivity index (χ1n) is 22.8. The summed E-state index contributed by atoms with van der Waals surface area (Å²) in [4.78, 5) is 40.9. The van der Waals surface area contributed by atoms with Gasteiger partial charge in [-0.3, -0.25) is 10.0 Å². The van der Waals surface area contributed by atoms with Crippen LogP contribution < -0.4 is 10.8 Å². The van der Waals surface area contributed by atoms with Gasteiger partial charge < -0.3 is 24.6 Å². The maximum absolute atomic E-state index is 12.0. The number of likely N-dealkylation sites (tertiary alicyclic amines) is 2. The van der Waals surface area contributed by atoms with E-state index in [1.54, 1.807) is 5.48 Å². The summed E-state index contributed by atoms with van der Waals surface area (Å²) in [7, 11) is 2.93. The Morgan fingerprint density at radius 2 is 0.933 bits per heavy atom. The number of nitrogens with zero attached hydrogens (tertiary/aromatic N) is 2. The molecule has 10 nitrogen and oxygen atoms in total. The lowest BCUT2D eigenvalue weighted by Crippen LogP contribution is -2.41. The Labute approximate surface area is 355 Å². The van der Waals surface area contributed by atoms with Crippen molar-refractivity contribution in [2.75, 3.05) is 53.5 Å². The number of nitrogens with one attached hydrogen (secondary N) is 2. The topological polar surface area (TPSA) is 120 Å². The van der Waals surface area contributed by atoms with Crippen LogP contribution in [-0.2, 0) is 48.0 Å². The van der Waals surface area contributed by atoms with Gasteiger partial charge in [-0.05, 0) is 210 Å². The fourth-order valence-electron chi connectivity index (χ4n) is 12.1. The smallest absolute Gasteiger partial charge is 0.338 e. The number of ether oxygens (including phenoxy) is 2. The molecule has 3 aliphatic heterocycles. The minimum atomic E-state index is -0.376. The van der Waals surface area contributed by atoms with Gasteiger partial charge in [-0.15, -0.1) is 0 Å². The summed E-state index contributed by atoms with van der Waals surface area (Å²) in [6.07, 6.45) is 19.5. The molecule has 8 aliphatic rings. The van der Waals surface area contributed by atoms with Gasteiger partial charge in [0.1, 0.15) is 0 Å². The number of hydrogen-bond acceptors (Lipinski definition) is 9. The van der Waals surface area contributed by atoms with E-state index in [0.717, 1.165) is 80.4 Å². The number of amides is 1. The minimum absolute atomic E-state index is 0.181. The van der Waals surface area contributed by atoms with E-state index in [4.69, 9.17) is 14.7 Å². The van der Waals surface area contributed by atoms with Crippen LogP contribution >= 0.6 is 0 Å². The largest absolute Gasteiger partial charge is 0.465 e. The zero-order valence-corrected chi connectivity index (χ0v) is 35.8. The lowest BCUT2D eigenvalue weighted by molar-refractivity contribution is 0.0589. The Morgan fingerprint density at radius 3 is 1.30 bits per heavy atom. The summed E-state index contributed by atoms with van der Waals surface area (Å²) in [6.45, 7) is 7.10. The van der Waals surface area contributed by atoms with E-state index in [9.17, 15) is 14.4 Å². The first-order chi connectivity index (χ1) is 29.2. The number of hydroxylamine groups is 1. The van der Waals surface area contributed by atoms with E-state index in [1.807, 2.05) is 36.4 Å². The van der Waals surface area contributed by atoms with Crippen molar-refractivity contribution < 1.29 is 29.1 Å². The second-order valence-electron chi connectivity index (χ2n) is 19.6. The molecule has 3 spiro atoms. The zero-order chi connectivity index (χ0) is 41.5. The van der Waals surface area contributed by atoms with E-state index in [-0.39, 0.29) is 17.8 Å². The summed E-state index contributed by atoms with van der Waals surface area (Å²) in [5.41, 5.74) is 12.8. The fraction of sp³-hybridized carbons (Fsp3) is 0.580. The first-order valence-corrected chi connectivity index (χ1v) is 22.8. The summed E-state index contributed by atoms with van der Waals surface area (Å²) in [5.74, 6) is -0.753. The molecule has 5 aliphatic carbocycles. The number of carbonyl (C=O) groups is 3. The van der Waals surface area contributed by atoms with E-state index in [1.165, 1.54) is 132 Å². The molecule has 3 aromatic carbocycles. The Morgan fingerprint density at radius 1 is 0.567 bits per heavy atom. The van der Waals surface area contributed by atoms with Crippen molar-refractivity contribution in [2.24, 2.45) is 16.2 Å². The van der Waals surface area contributed by atoms with E-state index in [0.29, 0.717) is 21.8 Å². The predicted molar refractivity (Wildman–Crippen MR) is 231 cm³/mol. The second-order valence-corrected chi connectivity index (χ2v) is 19.6. The number of rotatable bonds is 5. The van der Waals surface area contributed by atoms with Crippen molar-refractivity contribution in [1.29, 1.82) is 0 Å². The van der Waals surface area contributed by atoms with Crippen molar-refractivity contribution in [1.82, 2.24) is 20.6 Å². The molecule has 1 amide bonds. The molecule has 320 valence electrons. The summed E-state index contributed by atoms with van der Waals surface area (Å²) in [6, 6.07) is 19.8. The van der Waals surface area contributed by atoms with Gasteiger partial charge in [0.05, 0.1) is 25.3 Å². The van der Waals surface area contributed by atoms with Crippen LogP contribution in [-0.4, -0.2) is 98.4 Å². The quantitative estimate of drug-likeness (QED) is 0.144. The molecule has 10 heteroatoms. The molecule has 0 bridgehead atoms. The van der Waals surface area contributed by atoms with Crippen LogP contribution in [0.15, 0.2) is 54.6 Å². The van der Waals surface area contributed by atoms with Crippen LogP contribution in [0.1, 0.15) is 129 Å². The average molecular weight is 817 g/mol. The number of esters is 2. The fourth-order valence-corrected chi connectivity index (χ4v) is 12.1. The average Bonchev–Trinajstić information content (AvgIpc) is 4.21. The molecular formula is C50H64N4O6. The molecule has 0 radical (unpaired) electrons. The third-order valence-electron chi connectivity index (χ3n) is 15.8. The Balaban J connectivity index is 0.000000116. The number of carbonyl (C=O) groups excluding carboxylic acids is 3. The van der Waals surface area contributed by atoms with Crippen LogP contribution in [0.3, 0.4) is 0 Å². The third-order valence-corrected chi connectivity index (χ3v) is 15.8. The SMILES string of the molecule is COC(=O)c1cccc2c1CC1(CCN(C3CC3)CC1)C2.COC(=O)c1cccc2c1CC1(CCNCC1)C2.O=C(NO)c1cccc2c1CC1(CCN(C3CC3)CC1)C2. The highest BCUT2D eigenvalue weighted by Gasteiger charge is 2.45. The van der Waals surface area contributed by atoms with Gasteiger partial charge in [0.25, 0.3) is 5.91 Å². The summed E-state index contributed by atoms with van der Waals surface area (Å²) >= 11 is 0. The number of piperidine rings is 3. The normalized spacial score (nSPS) is 23.1. The van der Waals surface area contributed by atoms with Crippen molar-refractivity contribution in [2.45, 2.75) is 115 Å². The molecule has 3 aromatic rings. The number of methoxy groups -OCH3 is 2. The van der Waals surface area contributed by atoms with E-state index < -0.39 is 0 Å². The van der Waals surface area contributed by atoms with Crippen molar-refractivity contribution in [3.63, 3.8) is 0 Å². The lowest BCUT2D eigenvalue weighted by atomic mass is 9.75. The Kier molecular flexibility index (Phi) is 11.7. The van der Waals surface area contributed by atoms with Crippen LogP contribution in [0.25, 0.3) is 0 Å².